The van der Waals surface area contributed by atoms with Gasteiger partial charge in [0, 0.05) is 47.9 Å². The maximum absolute atomic E-state index is 14.9. The summed E-state index contributed by atoms with van der Waals surface area (Å²) in [4.78, 5) is 76.7. The molecule has 73 heavy (non-hydrogen) atoms. The van der Waals surface area contributed by atoms with E-state index in [1.54, 1.807) is 40.2 Å². The lowest BCUT2D eigenvalue weighted by molar-refractivity contribution is -0.200. The number of aliphatic hydroxyl groups excluding tert-OH is 1. The Morgan fingerprint density at radius 3 is 2.45 bits per heavy atom. The van der Waals surface area contributed by atoms with Gasteiger partial charge in [-0.25, -0.2) is 13.8 Å². The number of phosphoric acid groups is 2. The summed E-state index contributed by atoms with van der Waals surface area (Å²) < 4.78 is 56.1. The van der Waals surface area contributed by atoms with E-state index < -0.39 is 75.5 Å². The van der Waals surface area contributed by atoms with Crippen molar-refractivity contribution in [2.24, 2.45) is 28.6 Å². The number of amides is 2. The van der Waals surface area contributed by atoms with Gasteiger partial charge in [0.2, 0.25) is 11.8 Å². The first-order chi connectivity index (χ1) is 34.9. The fourth-order valence-electron chi connectivity index (χ4n) is 12.6. The Bertz CT molecular complexity index is 3000. The van der Waals surface area contributed by atoms with Crippen LogP contribution in [0.2, 0.25) is 0 Å². The molecule has 4 aliphatic carbocycles. The highest BCUT2D eigenvalue weighted by atomic mass is 31.3. The number of benzene rings is 3. The van der Waals surface area contributed by atoms with Crippen molar-refractivity contribution in [2.75, 3.05) is 24.7 Å². The lowest BCUT2D eigenvalue weighted by Gasteiger charge is -2.59. The molecule has 2 unspecified atom stereocenters. The van der Waals surface area contributed by atoms with Crippen LogP contribution < -0.4 is 10.2 Å². The summed E-state index contributed by atoms with van der Waals surface area (Å²) in [6, 6.07) is 22.5. The number of phosphoric ester groups is 2. The van der Waals surface area contributed by atoms with Crippen molar-refractivity contribution >= 4 is 56.9 Å². The molecule has 1 aromatic heterocycles. The number of aliphatic hydroxyl groups is 1. The van der Waals surface area contributed by atoms with Gasteiger partial charge in [0.15, 0.2) is 23.5 Å². The van der Waals surface area contributed by atoms with Crippen LogP contribution in [0.5, 0.6) is 0 Å². The van der Waals surface area contributed by atoms with Gasteiger partial charge in [0.05, 0.1) is 43.8 Å². The molecule has 4 aromatic rings. The third-order valence-corrected chi connectivity index (χ3v) is 18.5. The third kappa shape index (κ3) is 9.84. The number of rotatable bonds is 16. The number of carbonyl (C=O) groups is 4. The number of carbonyl (C=O) groups excluding carboxylic acids is 4. The average molecular weight is 1040 g/mol. The average Bonchev–Trinajstić information content (AvgIpc) is 4.07. The molecular formula is C52H57N5O14P2. The summed E-state index contributed by atoms with van der Waals surface area (Å²) in [5.74, 6) is -2.41. The molecule has 3 aromatic carbocycles. The topological polar surface area (TPSA) is 255 Å². The Labute approximate surface area is 421 Å². The molecular weight excluding hydrogens is 981 g/mol. The van der Waals surface area contributed by atoms with Crippen LogP contribution in [-0.2, 0) is 64.2 Å². The number of allylic oxidation sites excluding steroid dienone is 4. The van der Waals surface area contributed by atoms with Crippen LogP contribution >= 0.6 is 15.6 Å². The number of Topliss-reactive ketones (excluding diaryl/α,β-unsaturated/α-hetero) is 1. The lowest BCUT2D eigenvalue weighted by atomic mass is 9.46. The molecule has 1 saturated heterocycles. The number of hydrogen-bond donors (Lipinski definition) is 4. The number of anilines is 1. The largest absolute Gasteiger partial charge is 0.481 e. The van der Waals surface area contributed by atoms with E-state index >= 15 is 0 Å². The second-order valence-corrected chi connectivity index (χ2v) is 23.1. The van der Waals surface area contributed by atoms with Crippen molar-refractivity contribution in [2.45, 2.75) is 89.6 Å². The Kier molecular flexibility index (Phi) is 13.9. The van der Waals surface area contributed by atoms with Crippen LogP contribution in [0.15, 0.2) is 109 Å². The maximum atomic E-state index is 14.9. The summed E-state index contributed by atoms with van der Waals surface area (Å²) in [6.45, 7) is 2.57. The smallest absolute Gasteiger partial charge is 0.393 e. The molecule has 10 rings (SSSR count). The Hall–Kier alpha value is -5.56. The first-order valence-corrected chi connectivity index (χ1v) is 27.4. The van der Waals surface area contributed by atoms with Crippen molar-refractivity contribution < 1.29 is 66.0 Å². The standard InChI is InChI=1S/C52H57N5O14P2/c1-50-22-21-39(58)27-38(50)17-18-40-41-28-45-52(51(41,2)29-43(59)48(40)50,70-49(69-45)36-13-11-33(12-14-36)30-56-25-23-54-55-56)44(60)32-68-73(65,66)71-72(63,64)67-26-24-53-46(61)19-20-47(62)57-31-37-9-4-3-7-34(37)15-16-35-8-5-6-10-42(35)57/h3-16,21-23,25,27,40-41,43,45,48-49,59H,17-20,24,26,28-32H2,1-2H3,(H,53,61)(H,63,64)(H,65,66)/b16-15-/t40-,41-,43-,45+,48+,49+,50-,51-,52+/m0/s1. The number of nitrogens with one attached hydrogen (secondary N) is 1. The normalized spacial score (nSPS) is 30.9. The highest BCUT2D eigenvalue weighted by Crippen LogP contribution is 2.71. The molecule has 4 N–H and O–H groups in total. The maximum Gasteiger partial charge on any atom is 0.481 e. The Morgan fingerprint density at radius 2 is 1.67 bits per heavy atom. The van der Waals surface area contributed by atoms with Crippen LogP contribution in [0, 0.1) is 28.6 Å². The number of fused-ring (bicyclic) bond motifs is 9. The summed E-state index contributed by atoms with van der Waals surface area (Å²) >= 11 is 0. The van der Waals surface area contributed by atoms with Crippen LogP contribution in [0.4, 0.5) is 5.69 Å². The first kappa shape index (κ1) is 50.9. The quantitative estimate of drug-likeness (QED) is 0.0665. The van der Waals surface area contributed by atoms with E-state index in [0.717, 1.165) is 27.8 Å². The van der Waals surface area contributed by atoms with Gasteiger partial charge in [-0.2, -0.15) is 4.31 Å². The minimum Gasteiger partial charge on any atom is -0.393 e. The molecule has 21 heteroatoms. The number of aromatic nitrogens is 3. The van der Waals surface area contributed by atoms with Crippen LogP contribution in [-0.4, -0.2) is 90.8 Å². The van der Waals surface area contributed by atoms with Gasteiger partial charge in [-0.15, -0.1) is 5.10 Å². The van der Waals surface area contributed by atoms with E-state index in [0.29, 0.717) is 43.6 Å². The SMILES string of the molecule is C[C@]12C=CC(=O)C=C1CC[C@@H]1[C@@H]2[C@@H](O)C[C@@]2(C)[C@H]1C[C@H]1O[C@@H](c3ccc(Cn4ccnn4)cc3)O[C@]12C(=O)COP(=O)(O)OP(=O)(O)OCCNC(=O)CCC(=O)N1Cc2ccccc2/C=C\c2ccccc21. The summed E-state index contributed by atoms with van der Waals surface area (Å²) in [5.41, 5.74) is 2.35. The highest BCUT2D eigenvalue weighted by Gasteiger charge is 2.76. The zero-order valence-corrected chi connectivity index (χ0v) is 42.0. The molecule has 4 fully saturated rings. The number of ketones is 2. The zero-order chi connectivity index (χ0) is 51.3. The molecule has 0 spiro atoms. The number of para-hydroxylation sites is 1. The van der Waals surface area contributed by atoms with Gasteiger partial charge < -0.3 is 34.6 Å². The van der Waals surface area contributed by atoms with Gasteiger partial charge in [0.25, 0.3) is 0 Å². The second-order valence-electron chi connectivity index (χ2n) is 20.1. The Balaban J connectivity index is 0.775. The molecule has 384 valence electrons. The molecule has 0 radical (unpaired) electrons. The van der Waals surface area contributed by atoms with E-state index in [1.807, 2.05) is 92.7 Å². The van der Waals surface area contributed by atoms with E-state index in [1.165, 1.54) is 6.08 Å². The minimum atomic E-state index is -5.52. The minimum absolute atomic E-state index is 0.0816. The van der Waals surface area contributed by atoms with Crippen LogP contribution in [0.1, 0.15) is 86.5 Å². The summed E-state index contributed by atoms with van der Waals surface area (Å²) in [6.07, 6.45) is 10.7. The molecule has 3 heterocycles. The van der Waals surface area contributed by atoms with Crippen molar-refractivity contribution in [1.29, 1.82) is 0 Å². The number of nitrogens with zero attached hydrogens (tertiary/aromatic N) is 4. The second kappa shape index (κ2) is 19.9. The lowest BCUT2D eigenvalue weighted by Crippen LogP contribution is -2.63. The predicted molar refractivity (Wildman–Crippen MR) is 263 cm³/mol. The van der Waals surface area contributed by atoms with Gasteiger partial charge >= 0.3 is 15.6 Å². The van der Waals surface area contributed by atoms with Crippen molar-refractivity contribution in [3.63, 3.8) is 0 Å². The third-order valence-electron chi connectivity index (χ3n) is 15.9. The molecule has 3 saturated carbocycles. The Morgan fingerprint density at radius 1 is 0.932 bits per heavy atom. The van der Waals surface area contributed by atoms with E-state index in [2.05, 4.69) is 19.9 Å². The fourth-order valence-corrected chi connectivity index (χ4v) is 14.6. The van der Waals surface area contributed by atoms with Crippen LogP contribution in [0.3, 0.4) is 0 Å². The summed E-state index contributed by atoms with van der Waals surface area (Å²) in [5, 5.41) is 22.6. The molecule has 2 aliphatic heterocycles. The predicted octanol–water partition coefficient (Wildman–Crippen LogP) is 6.80. The molecule has 0 bridgehead atoms. The van der Waals surface area contributed by atoms with Crippen molar-refractivity contribution in [1.82, 2.24) is 20.3 Å². The number of ether oxygens (including phenoxy) is 2. The zero-order valence-electron chi connectivity index (χ0n) is 40.2. The summed E-state index contributed by atoms with van der Waals surface area (Å²) in [7, 11) is -10.9. The van der Waals surface area contributed by atoms with E-state index in [-0.39, 0.29) is 55.3 Å². The first-order valence-electron chi connectivity index (χ1n) is 24.4. The number of hydrogen-bond acceptors (Lipinski definition) is 14. The molecule has 19 nitrogen and oxygen atoms in total. The van der Waals surface area contributed by atoms with Gasteiger partial charge in [-0.1, -0.05) is 110 Å². The van der Waals surface area contributed by atoms with Crippen molar-refractivity contribution in [3.8, 4) is 0 Å². The van der Waals surface area contributed by atoms with Gasteiger partial charge in [-0.3, -0.25) is 28.2 Å². The molecule has 2 amide bonds. The van der Waals surface area contributed by atoms with Crippen LogP contribution in [0.25, 0.3) is 12.2 Å². The fraction of sp³-hybridized carbons (Fsp3) is 0.423. The van der Waals surface area contributed by atoms with Gasteiger partial charge in [0.1, 0.15) is 6.61 Å². The molecule has 11 atom stereocenters. The monoisotopic (exact) mass is 1040 g/mol. The van der Waals surface area contributed by atoms with E-state index in [9.17, 15) is 43.2 Å². The van der Waals surface area contributed by atoms with Crippen molar-refractivity contribution in [3.05, 3.63) is 137 Å². The highest BCUT2D eigenvalue weighted by molar-refractivity contribution is 7.61. The van der Waals surface area contributed by atoms with E-state index in [4.69, 9.17) is 18.5 Å². The molecule has 6 aliphatic rings. The van der Waals surface area contributed by atoms with Gasteiger partial charge in [-0.05, 0) is 78.0 Å².